The highest BCUT2D eigenvalue weighted by Gasteiger charge is 2.21. The van der Waals surface area contributed by atoms with E-state index in [-0.39, 0.29) is 17.2 Å². The number of halogens is 1. The summed E-state index contributed by atoms with van der Waals surface area (Å²) in [6.07, 6.45) is 0. The van der Waals surface area contributed by atoms with Gasteiger partial charge in [-0.25, -0.2) is 17.9 Å². The molecule has 0 amide bonds. The Morgan fingerprint density at radius 1 is 1.38 bits per heavy atom. The van der Waals surface area contributed by atoms with E-state index < -0.39 is 15.8 Å². The van der Waals surface area contributed by atoms with Crippen molar-refractivity contribution in [3.05, 3.63) is 41.0 Å². The lowest BCUT2D eigenvalue weighted by atomic mass is 10.2. The van der Waals surface area contributed by atoms with Crippen molar-refractivity contribution in [3.8, 4) is 5.75 Å². The molecule has 0 saturated heterocycles. The van der Waals surface area contributed by atoms with E-state index in [4.69, 9.17) is 9.88 Å². The van der Waals surface area contributed by atoms with Gasteiger partial charge < -0.3 is 4.74 Å². The Bertz CT molecular complexity index is 784. The first-order valence-electron chi connectivity index (χ1n) is 6.14. The first-order valence-corrected chi connectivity index (χ1v) is 7.68. The number of primary sulfonamides is 1. The Kier molecular flexibility index (Phi) is 4.02. The summed E-state index contributed by atoms with van der Waals surface area (Å²) in [5.41, 5.74) is 1.01. The number of nitrogens with two attached hydrogens (primary N) is 1. The maximum absolute atomic E-state index is 14.1. The van der Waals surface area contributed by atoms with Crippen molar-refractivity contribution >= 4 is 10.0 Å². The molecule has 1 aromatic carbocycles. The van der Waals surface area contributed by atoms with E-state index >= 15 is 0 Å². The zero-order valence-corrected chi connectivity index (χ0v) is 12.7. The van der Waals surface area contributed by atoms with Gasteiger partial charge in [0.1, 0.15) is 4.90 Å². The summed E-state index contributed by atoms with van der Waals surface area (Å²) in [4.78, 5) is -0.0224. The summed E-state index contributed by atoms with van der Waals surface area (Å²) in [6, 6.07) is 4.75. The van der Waals surface area contributed by atoms with E-state index in [9.17, 15) is 12.8 Å². The molecule has 2 aromatic rings. The average molecular weight is 313 g/mol. The van der Waals surface area contributed by atoms with Crippen molar-refractivity contribution in [2.45, 2.75) is 25.3 Å². The van der Waals surface area contributed by atoms with E-state index in [0.717, 1.165) is 0 Å². The second kappa shape index (κ2) is 5.45. The van der Waals surface area contributed by atoms with Gasteiger partial charge in [-0.05, 0) is 19.9 Å². The fourth-order valence-electron chi connectivity index (χ4n) is 2.24. The zero-order chi connectivity index (χ0) is 15.8. The van der Waals surface area contributed by atoms with E-state index in [1.165, 1.54) is 17.9 Å². The van der Waals surface area contributed by atoms with Crippen LogP contribution in [0.25, 0.3) is 0 Å². The minimum atomic E-state index is -3.86. The second-order valence-corrected chi connectivity index (χ2v) is 6.13. The number of nitrogens with zero attached hydrogens (tertiary/aromatic N) is 2. The molecule has 0 unspecified atom stereocenters. The Balaban J connectivity index is 2.47. The molecule has 0 fully saturated rings. The number of aromatic nitrogens is 2. The molecular formula is C13H16FN3O3S. The molecule has 0 aliphatic rings. The second-order valence-electron chi connectivity index (χ2n) is 4.64. The Morgan fingerprint density at radius 2 is 2.05 bits per heavy atom. The van der Waals surface area contributed by atoms with Crippen LogP contribution in [-0.4, -0.2) is 25.3 Å². The molecule has 0 spiro atoms. The van der Waals surface area contributed by atoms with Gasteiger partial charge >= 0.3 is 0 Å². The lowest BCUT2D eigenvalue weighted by molar-refractivity contribution is 0.383. The predicted molar refractivity (Wildman–Crippen MR) is 75.1 cm³/mol. The van der Waals surface area contributed by atoms with Crippen LogP contribution in [0.4, 0.5) is 4.39 Å². The number of hydrogen-bond acceptors (Lipinski definition) is 4. The number of benzene rings is 1. The molecule has 21 heavy (non-hydrogen) atoms. The molecule has 114 valence electrons. The van der Waals surface area contributed by atoms with Crippen LogP contribution >= 0.6 is 0 Å². The molecule has 1 aromatic heterocycles. The first kappa shape index (κ1) is 15.5. The van der Waals surface area contributed by atoms with E-state index in [2.05, 4.69) is 5.10 Å². The van der Waals surface area contributed by atoms with E-state index in [1.54, 1.807) is 26.0 Å². The quantitative estimate of drug-likeness (QED) is 0.923. The van der Waals surface area contributed by atoms with Crippen LogP contribution in [0.3, 0.4) is 0 Å². The highest BCUT2D eigenvalue weighted by molar-refractivity contribution is 7.89. The van der Waals surface area contributed by atoms with Gasteiger partial charge in [-0.1, -0.05) is 12.1 Å². The van der Waals surface area contributed by atoms with Crippen molar-refractivity contribution in [2.75, 3.05) is 7.11 Å². The lowest BCUT2D eigenvalue weighted by Crippen LogP contribution is -2.14. The van der Waals surface area contributed by atoms with Gasteiger partial charge in [0.25, 0.3) is 0 Å². The van der Waals surface area contributed by atoms with Crippen LogP contribution in [0.2, 0.25) is 0 Å². The standard InChI is InChI=1S/C13H16FN3O3S/c1-8-13(21(15,18)19)9(2)17(16-8)7-10-5-4-6-11(20-3)12(10)14/h4-6H,7H2,1-3H3,(H2,15,18,19). The summed E-state index contributed by atoms with van der Waals surface area (Å²) in [5, 5.41) is 9.28. The molecule has 0 saturated carbocycles. The molecule has 0 aliphatic heterocycles. The normalized spacial score (nSPS) is 11.7. The number of rotatable bonds is 4. The van der Waals surface area contributed by atoms with Gasteiger partial charge in [0.05, 0.1) is 25.0 Å². The topological polar surface area (TPSA) is 87.2 Å². The molecular weight excluding hydrogens is 297 g/mol. The van der Waals surface area contributed by atoms with Crippen molar-refractivity contribution in [1.82, 2.24) is 9.78 Å². The predicted octanol–water partition coefficient (Wildman–Crippen LogP) is 1.34. The molecule has 1 heterocycles. The number of hydrogen-bond donors (Lipinski definition) is 1. The van der Waals surface area contributed by atoms with Crippen LogP contribution in [0.15, 0.2) is 23.1 Å². The smallest absolute Gasteiger partial charge is 0.241 e. The van der Waals surface area contributed by atoms with Gasteiger partial charge in [-0.15, -0.1) is 0 Å². The Morgan fingerprint density at radius 3 is 2.57 bits per heavy atom. The average Bonchev–Trinajstić information content (AvgIpc) is 2.66. The van der Waals surface area contributed by atoms with Crippen LogP contribution in [0, 0.1) is 19.7 Å². The summed E-state index contributed by atoms with van der Waals surface area (Å²) in [7, 11) is -2.48. The maximum atomic E-state index is 14.1. The summed E-state index contributed by atoms with van der Waals surface area (Å²) in [5.74, 6) is -0.370. The zero-order valence-electron chi connectivity index (χ0n) is 11.9. The molecule has 6 nitrogen and oxygen atoms in total. The number of ether oxygens (including phenoxy) is 1. The minimum Gasteiger partial charge on any atom is -0.494 e. The highest BCUT2D eigenvalue weighted by Crippen LogP contribution is 2.23. The van der Waals surface area contributed by atoms with Gasteiger partial charge in [0.15, 0.2) is 11.6 Å². The third-order valence-corrected chi connectivity index (χ3v) is 4.34. The largest absolute Gasteiger partial charge is 0.494 e. The number of aryl methyl sites for hydroxylation is 1. The monoisotopic (exact) mass is 313 g/mol. The minimum absolute atomic E-state index is 0.0224. The fraction of sp³-hybridized carbons (Fsp3) is 0.308. The van der Waals surface area contributed by atoms with Crippen molar-refractivity contribution in [2.24, 2.45) is 5.14 Å². The van der Waals surface area contributed by atoms with Crippen LogP contribution in [0.5, 0.6) is 5.75 Å². The highest BCUT2D eigenvalue weighted by atomic mass is 32.2. The van der Waals surface area contributed by atoms with Crippen molar-refractivity contribution in [3.63, 3.8) is 0 Å². The number of methoxy groups -OCH3 is 1. The van der Waals surface area contributed by atoms with Gasteiger partial charge in [0, 0.05) is 5.56 Å². The Labute approximate surface area is 122 Å². The molecule has 0 bridgehead atoms. The van der Waals surface area contributed by atoms with Crippen LogP contribution < -0.4 is 9.88 Å². The Hall–Kier alpha value is -1.93. The lowest BCUT2D eigenvalue weighted by Gasteiger charge is -2.09. The third kappa shape index (κ3) is 2.91. The molecule has 0 atom stereocenters. The molecule has 2 N–H and O–H groups in total. The summed E-state index contributed by atoms with van der Waals surface area (Å²) >= 11 is 0. The van der Waals surface area contributed by atoms with Crippen molar-refractivity contribution < 1.29 is 17.5 Å². The fourth-order valence-corrected chi connectivity index (χ4v) is 3.21. The summed E-state index contributed by atoms with van der Waals surface area (Å²) < 4.78 is 43.5. The van der Waals surface area contributed by atoms with Gasteiger partial charge in [-0.2, -0.15) is 5.10 Å². The molecule has 8 heteroatoms. The maximum Gasteiger partial charge on any atom is 0.241 e. The molecule has 2 rings (SSSR count). The van der Waals surface area contributed by atoms with Crippen LogP contribution in [0.1, 0.15) is 17.0 Å². The molecule has 0 radical (unpaired) electrons. The first-order chi connectivity index (χ1) is 9.75. The van der Waals surface area contributed by atoms with E-state index in [1.807, 2.05) is 0 Å². The van der Waals surface area contributed by atoms with Crippen molar-refractivity contribution in [1.29, 1.82) is 0 Å². The summed E-state index contributed by atoms with van der Waals surface area (Å²) in [6.45, 7) is 3.22. The SMILES string of the molecule is COc1cccc(Cn2nc(C)c(S(N)(=O)=O)c2C)c1F. The van der Waals surface area contributed by atoms with Gasteiger partial charge in [-0.3, -0.25) is 4.68 Å². The van der Waals surface area contributed by atoms with Gasteiger partial charge in [0.2, 0.25) is 10.0 Å². The van der Waals surface area contributed by atoms with Crippen LogP contribution in [-0.2, 0) is 16.6 Å². The van der Waals surface area contributed by atoms with E-state index in [0.29, 0.717) is 17.0 Å². The third-order valence-electron chi connectivity index (χ3n) is 3.18. The number of sulfonamides is 1. The molecule has 0 aliphatic carbocycles.